The van der Waals surface area contributed by atoms with Gasteiger partial charge in [-0.05, 0) is 55.0 Å². The van der Waals surface area contributed by atoms with Gasteiger partial charge >= 0.3 is 0 Å². The molecule has 1 aliphatic carbocycles. The van der Waals surface area contributed by atoms with E-state index in [1.165, 1.54) is 0 Å². The van der Waals surface area contributed by atoms with Gasteiger partial charge in [-0.3, -0.25) is 9.79 Å². The summed E-state index contributed by atoms with van der Waals surface area (Å²) in [6, 6.07) is 7.33. The van der Waals surface area contributed by atoms with Crippen LogP contribution < -0.4 is 5.32 Å². The van der Waals surface area contributed by atoms with Crippen LogP contribution in [-0.2, 0) is 14.6 Å². The van der Waals surface area contributed by atoms with Crippen molar-refractivity contribution in [2.75, 3.05) is 36.5 Å². The molecule has 4 rings (SSSR count). The van der Waals surface area contributed by atoms with Crippen LogP contribution in [0.5, 0.6) is 0 Å². The highest BCUT2D eigenvalue weighted by Crippen LogP contribution is 2.38. The molecule has 0 bridgehead atoms. The fourth-order valence-electron chi connectivity index (χ4n) is 4.31. The average molecular weight is 422 g/mol. The Morgan fingerprint density at radius 1 is 1.18 bits per heavy atom. The zero-order valence-electron chi connectivity index (χ0n) is 15.7. The van der Waals surface area contributed by atoms with Crippen LogP contribution in [0.3, 0.4) is 0 Å². The van der Waals surface area contributed by atoms with Crippen molar-refractivity contribution < 1.29 is 13.2 Å². The van der Waals surface area contributed by atoms with E-state index in [0.717, 1.165) is 42.5 Å². The number of nitrogens with one attached hydrogen (secondary N) is 1. The maximum absolute atomic E-state index is 13.8. The van der Waals surface area contributed by atoms with Crippen LogP contribution >= 0.6 is 11.6 Å². The molecule has 2 aliphatic heterocycles. The Morgan fingerprint density at radius 2 is 1.93 bits per heavy atom. The molecule has 0 spiro atoms. The van der Waals surface area contributed by atoms with Crippen molar-refractivity contribution in [1.29, 1.82) is 0 Å². The first-order valence-corrected chi connectivity index (χ1v) is 11.9. The number of carbonyl (C=O) groups excluding carboxylic acids is 1. The third-order valence-corrected chi connectivity index (χ3v) is 7.62. The number of anilines is 1. The van der Waals surface area contributed by atoms with E-state index in [1.54, 1.807) is 17.0 Å². The van der Waals surface area contributed by atoms with Gasteiger partial charge in [0.1, 0.15) is 0 Å². The van der Waals surface area contributed by atoms with Crippen LogP contribution in [0.1, 0.15) is 25.7 Å². The van der Waals surface area contributed by atoms with Crippen molar-refractivity contribution in [3.05, 3.63) is 40.4 Å². The van der Waals surface area contributed by atoms with E-state index in [2.05, 4.69) is 10.3 Å². The van der Waals surface area contributed by atoms with Crippen LogP contribution in [0.15, 0.2) is 40.4 Å². The fraction of sp³-hybridized carbons (Fsp3) is 0.500. The summed E-state index contributed by atoms with van der Waals surface area (Å²) in [5, 5.41) is 4.05. The lowest BCUT2D eigenvalue weighted by Gasteiger charge is -2.43. The minimum atomic E-state index is -3.06. The molecule has 1 atom stereocenters. The lowest BCUT2D eigenvalue weighted by atomic mass is 9.76. The van der Waals surface area contributed by atoms with E-state index in [1.807, 2.05) is 18.3 Å². The van der Waals surface area contributed by atoms with Crippen LogP contribution in [0.2, 0.25) is 5.02 Å². The number of rotatable bonds is 3. The molecule has 1 aromatic rings. The predicted octanol–water partition coefficient (Wildman–Crippen LogP) is 2.70. The van der Waals surface area contributed by atoms with Gasteiger partial charge in [0.25, 0.3) is 5.91 Å². The molecule has 28 heavy (non-hydrogen) atoms. The molecule has 1 saturated heterocycles. The average Bonchev–Trinajstić information content (AvgIpc) is 2.68. The molecule has 8 heteroatoms. The van der Waals surface area contributed by atoms with Crippen LogP contribution in [0.25, 0.3) is 0 Å². The van der Waals surface area contributed by atoms with E-state index in [-0.39, 0.29) is 30.5 Å². The molecule has 0 saturated carbocycles. The van der Waals surface area contributed by atoms with Gasteiger partial charge in [-0.25, -0.2) is 8.42 Å². The van der Waals surface area contributed by atoms with Gasteiger partial charge in [-0.15, -0.1) is 0 Å². The van der Waals surface area contributed by atoms with E-state index in [9.17, 15) is 13.2 Å². The van der Waals surface area contributed by atoms with Crippen molar-refractivity contribution in [3.63, 3.8) is 0 Å². The SMILES string of the molecule is O=C(N1CCS(=O)(=O)CC1)C1(Nc2cccc(Cl)c2)CN=CC2=C1CCCC2. The van der Waals surface area contributed by atoms with Crippen molar-refractivity contribution in [3.8, 4) is 0 Å². The zero-order valence-corrected chi connectivity index (χ0v) is 17.2. The lowest BCUT2D eigenvalue weighted by molar-refractivity contribution is -0.134. The second-order valence-electron chi connectivity index (χ2n) is 7.67. The molecule has 1 N–H and O–H groups in total. The number of amides is 1. The molecule has 6 nitrogen and oxygen atoms in total. The molecule has 1 amide bonds. The number of benzene rings is 1. The fourth-order valence-corrected chi connectivity index (χ4v) is 5.70. The van der Waals surface area contributed by atoms with E-state index in [0.29, 0.717) is 11.6 Å². The van der Waals surface area contributed by atoms with Gasteiger partial charge in [0, 0.05) is 30.0 Å². The Kier molecular flexibility index (Phi) is 5.22. The van der Waals surface area contributed by atoms with Crippen molar-refractivity contribution in [2.24, 2.45) is 4.99 Å². The predicted molar refractivity (Wildman–Crippen MR) is 112 cm³/mol. The van der Waals surface area contributed by atoms with Crippen LogP contribution in [-0.4, -0.2) is 62.1 Å². The standard InChI is InChI=1S/C20H24ClN3O3S/c21-16-5-3-6-17(12-16)23-20(14-22-13-15-4-1-2-7-18(15)20)19(25)24-8-10-28(26,27)11-9-24/h3,5-6,12-13,23H,1-2,4,7-11,14H2. The highest BCUT2D eigenvalue weighted by molar-refractivity contribution is 7.91. The Bertz CT molecular complexity index is 943. The van der Waals surface area contributed by atoms with Gasteiger partial charge in [0.2, 0.25) is 0 Å². The largest absolute Gasteiger partial charge is 0.366 e. The number of dihydropyridines is 1. The first-order valence-electron chi connectivity index (χ1n) is 9.65. The van der Waals surface area contributed by atoms with E-state index in [4.69, 9.17) is 11.6 Å². The summed E-state index contributed by atoms with van der Waals surface area (Å²) in [4.78, 5) is 20.0. The normalized spacial score (nSPS) is 26.7. The van der Waals surface area contributed by atoms with Crippen LogP contribution in [0.4, 0.5) is 5.69 Å². The number of halogens is 1. The summed E-state index contributed by atoms with van der Waals surface area (Å²) in [6.45, 7) is 0.763. The molecule has 0 aromatic heterocycles. The van der Waals surface area contributed by atoms with Crippen molar-refractivity contribution in [2.45, 2.75) is 31.2 Å². The van der Waals surface area contributed by atoms with Gasteiger partial charge < -0.3 is 10.2 Å². The number of allylic oxidation sites excluding steroid dienone is 1. The number of carbonyl (C=O) groups is 1. The van der Waals surface area contributed by atoms with Crippen LogP contribution in [0, 0.1) is 0 Å². The first kappa shape index (κ1) is 19.5. The molecular formula is C20H24ClN3O3S. The Balaban J connectivity index is 1.73. The Labute approximate surface area is 170 Å². The zero-order chi connectivity index (χ0) is 19.8. The third kappa shape index (κ3) is 3.70. The van der Waals surface area contributed by atoms with Gasteiger partial charge in [0.05, 0.1) is 18.1 Å². The molecule has 1 fully saturated rings. The highest BCUT2D eigenvalue weighted by Gasteiger charge is 2.48. The minimum Gasteiger partial charge on any atom is -0.366 e. The lowest BCUT2D eigenvalue weighted by Crippen LogP contribution is -2.61. The number of hydrogen-bond acceptors (Lipinski definition) is 5. The molecule has 0 radical (unpaired) electrons. The molecule has 2 heterocycles. The maximum Gasteiger partial charge on any atom is 0.254 e. The minimum absolute atomic E-state index is 0.0150. The number of sulfone groups is 1. The maximum atomic E-state index is 13.8. The summed E-state index contributed by atoms with van der Waals surface area (Å²) >= 11 is 6.16. The smallest absolute Gasteiger partial charge is 0.254 e. The number of nitrogens with zero attached hydrogens (tertiary/aromatic N) is 2. The summed E-state index contributed by atoms with van der Waals surface area (Å²) in [7, 11) is -3.06. The highest BCUT2D eigenvalue weighted by atomic mass is 35.5. The Morgan fingerprint density at radius 3 is 2.68 bits per heavy atom. The monoisotopic (exact) mass is 421 g/mol. The van der Waals surface area contributed by atoms with E-state index >= 15 is 0 Å². The van der Waals surface area contributed by atoms with Gasteiger partial charge in [-0.1, -0.05) is 17.7 Å². The van der Waals surface area contributed by atoms with E-state index < -0.39 is 15.4 Å². The molecule has 150 valence electrons. The summed E-state index contributed by atoms with van der Waals surface area (Å²) in [6.07, 6.45) is 5.79. The summed E-state index contributed by atoms with van der Waals surface area (Å²) in [5.74, 6) is -0.0592. The summed E-state index contributed by atoms with van der Waals surface area (Å²) < 4.78 is 23.7. The van der Waals surface area contributed by atoms with Crippen molar-refractivity contribution >= 4 is 39.2 Å². The molecule has 1 aromatic carbocycles. The molecular weight excluding hydrogens is 398 g/mol. The number of aliphatic imine (C=N–C) groups is 1. The first-order chi connectivity index (χ1) is 13.4. The quantitative estimate of drug-likeness (QED) is 0.813. The third-order valence-electron chi connectivity index (χ3n) is 5.78. The molecule has 1 unspecified atom stereocenters. The second-order valence-corrected chi connectivity index (χ2v) is 10.4. The van der Waals surface area contributed by atoms with Gasteiger partial charge in [-0.2, -0.15) is 0 Å². The number of hydrogen-bond donors (Lipinski definition) is 1. The van der Waals surface area contributed by atoms with Crippen molar-refractivity contribution in [1.82, 2.24) is 4.90 Å². The second kappa shape index (κ2) is 7.52. The summed E-state index contributed by atoms with van der Waals surface area (Å²) in [5.41, 5.74) is 2.01. The molecule has 3 aliphatic rings. The Hall–Kier alpha value is -1.86. The topological polar surface area (TPSA) is 78.8 Å². The van der Waals surface area contributed by atoms with Gasteiger partial charge in [0.15, 0.2) is 15.4 Å².